The monoisotopic (exact) mass is 427 g/mol. The zero-order valence-electron chi connectivity index (χ0n) is 19.2. The first-order chi connectivity index (χ1) is 14.9. The zero-order chi connectivity index (χ0) is 22.4. The van der Waals surface area contributed by atoms with Crippen LogP contribution in [0.1, 0.15) is 68.3 Å². The molecule has 1 atom stereocenters. The Balaban J connectivity index is 1.67. The van der Waals surface area contributed by atoms with Crippen molar-refractivity contribution in [3.8, 4) is 0 Å². The lowest BCUT2D eigenvalue weighted by molar-refractivity contribution is -0.139. The van der Waals surface area contributed by atoms with Gasteiger partial charge in [-0.2, -0.15) is 0 Å². The summed E-state index contributed by atoms with van der Waals surface area (Å²) in [7, 11) is 0. The van der Waals surface area contributed by atoms with Crippen molar-refractivity contribution in [2.24, 2.45) is 11.8 Å². The highest BCUT2D eigenvalue weighted by molar-refractivity contribution is 5.95. The Morgan fingerprint density at radius 1 is 0.968 bits per heavy atom. The van der Waals surface area contributed by atoms with Gasteiger partial charge in [-0.3, -0.25) is 14.4 Å². The molecule has 1 aromatic rings. The summed E-state index contributed by atoms with van der Waals surface area (Å²) in [5.41, 5.74) is 1.72. The van der Waals surface area contributed by atoms with Crippen LogP contribution in [0.2, 0.25) is 0 Å². The first-order valence-electron chi connectivity index (χ1n) is 11.8. The Labute approximate surface area is 186 Å². The molecule has 3 rings (SSSR count). The van der Waals surface area contributed by atoms with Crippen molar-refractivity contribution in [2.45, 2.75) is 65.3 Å². The summed E-state index contributed by atoms with van der Waals surface area (Å²) in [5, 5.41) is 3.07. The van der Waals surface area contributed by atoms with E-state index in [0.29, 0.717) is 19.5 Å². The lowest BCUT2D eigenvalue weighted by Gasteiger charge is -2.38. The minimum Gasteiger partial charge on any atom is -0.344 e. The molecule has 0 aromatic heterocycles. The largest absolute Gasteiger partial charge is 0.344 e. The van der Waals surface area contributed by atoms with Crippen LogP contribution in [-0.4, -0.2) is 59.7 Å². The third-order valence-electron chi connectivity index (χ3n) is 6.52. The Morgan fingerprint density at radius 2 is 1.61 bits per heavy atom. The molecule has 1 N–H and O–H groups in total. The molecule has 2 saturated heterocycles. The predicted molar refractivity (Wildman–Crippen MR) is 122 cm³/mol. The van der Waals surface area contributed by atoms with E-state index in [1.807, 2.05) is 54.8 Å². The van der Waals surface area contributed by atoms with Crippen LogP contribution in [0.3, 0.4) is 0 Å². The first kappa shape index (κ1) is 23.3. The molecule has 2 aliphatic rings. The van der Waals surface area contributed by atoms with Crippen LogP contribution in [0.4, 0.5) is 0 Å². The number of piperidine rings is 2. The molecule has 0 radical (unpaired) electrons. The summed E-state index contributed by atoms with van der Waals surface area (Å²) in [4.78, 5) is 42.6. The standard InChI is InChI=1S/C25H37N3O3/c1-18(2)17-22(29)26-23(25(31)27-13-7-4-8-14-27)20-11-15-28(16-12-20)24(30)21-10-6-5-9-19(21)3/h5-6,9-10,18,20,23H,4,7-8,11-17H2,1-3H3,(H,26,29). The SMILES string of the molecule is Cc1ccccc1C(=O)N1CCC(C(NC(=O)CC(C)C)C(=O)N2CCCCC2)CC1. The topological polar surface area (TPSA) is 69.7 Å². The highest BCUT2D eigenvalue weighted by Crippen LogP contribution is 2.25. The average Bonchev–Trinajstić information content (AvgIpc) is 2.77. The van der Waals surface area contributed by atoms with Crippen molar-refractivity contribution in [3.63, 3.8) is 0 Å². The molecule has 2 aliphatic heterocycles. The van der Waals surface area contributed by atoms with Gasteiger partial charge >= 0.3 is 0 Å². The van der Waals surface area contributed by atoms with E-state index in [4.69, 9.17) is 0 Å². The van der Waals surface area contributed by atoms with Crippen molar-refractivity contribution in [2.75, 3.05) is 26.2 Å². The summed E-state index contributed by atoms with van der Waals surface area (Å²) >= 11 is 0. The number of rotatable bonds is 6. The number of nitrogens with zero attached hydrogens (tertiary/aromatic N) is 2. The number of hydrogen-bond donors (Lipinski definition) is 1. The molecule has 2 fully saturated rings. The molecule has 0 aliphatic carbocycles. The molecule has 0 spiro atoms. The number of benzene rings is 1. The van der Waals surface area contributed by atoms with Crippen LogP contribution in [0.15, 0.2) is 24.3 Å². The van der Waals surface area contributed by atoms with Crippen LogP contribution in [-0.2, 0) is 9.59 Å². The fourth-order valence-electron chi connectivity index (χ4n) is 4.71. The van der Waals surface area contributed by atoms with Gasteiger partial charge in [-0.1, -0.05) is 32.0 Å². The number of hydrogen-bond acceptors (Lipinski definition) is 3. The molecule has 31 heavy (non-hydrogen) atoms. The van der Waals surface area contributed by atoms with Gasteiger partial charge in [-0.05, 0) is 62.5 Å². The Hall–Kier alpha value is -2.37. The second kappa shape index (κ2) is 10.8. The maximum absolute atomic E-state index is 13.3. The van der Waals surface area contributed by atoms with Crippen molar-refractivity contribution in [1.82, 2.24) is 15.1 Å². The van der Waals surface area contributed by atoms with Gasteiger partial charge in [0.15, 0.2) is 0 Å². The van der Waals surface area contributed by atoms with Crippen LogP contribution >= 0.6 is 0 Å². The van der Waals surface area contributed by atoms with Crippen molar-refractivity contribution >= 4 is 17.7 Å². The van der Waals surface area contributed by atoms with Gasteiger partial charge < -0.3 is 15.1 Å². The summed E-state index contributed by atoms with van der Waals surface area (Å²) in [5.74, 6) is 0.370. The van der Waals surface area contributed by atoms with Crippen LogP contribution in [0, 0.1) is 18.8 Å². The summed E-state index contributed by atoms with van der Waals surface area (Å²) < 4.78 is 0. The molecular weight excluding hydrogens is 390 g/mol. The van der Waals surface area contributed by atoms with E-state index in [2.05, 4.69) is 5.32 Å². The number of nitrogens with one attached hydrogen (secondary N) is 1. The highest BCUT2D eigenvalue weighted by atomic mass is 16.2. The lowest BCUT2D eigenvalue weighted by atomic mass is 9.87. The number of aryl methyl sites for hydroxylation is 1. The number of carbonyl (C=O) groups is 3. The predicted octanol–water partition coefficient (Wildman–Crippen LogP) is 3.39. The van der Waals surface area contributed by atoms with Gasteiger partial charge in [0.05, 0.1) is 0 Å². The quantitative estimate of drug-likeness (QED) is 0.757. The van der Waals surface area contributed by atoms with Gasteiger partial charge in [-0.15, -0.1) is 0 Å². The van der Waals surface area contributed by atoms with Crippen LogP contribution in [0.5, 0.6) is 0 Å². The van der Waals surface area contributed by atoms with Gasteiger partial charge in [0.2, 0.25) is 11.8 Å². The maximum Gasteiger partial charge on any atom is 0.254 e. The first-order valence-corrected chi connectivity index (χ1v) is 11.8. The molecule has 6 nitrogen and oxygen atoms in total. The second-order valence-electron chi connectivity index (χ2n) is 9.47. The Kier molecular flexibility index (Phi) is 8.10. The van der Waals surface area contributed by atoms with E-state index in [9.17, 15) is 14.4 Å². The third kappa shape index (κ3) is 6.08. The number of amides is 3. The number of carbonyl (C=O) groups excluding carboxylic acids is 3. The molecule has 1 aromatic carbocycles. The normalized spacial score (nSPS) is 18.7. The maximum atomic E-state index is 13.3. The van der Waals surface area contributed by atoms with E-state index in [1.165, 1.54) is 0 Å². The molecule has 6 heteroatoms. The molecule has 0 saturated carbocycles. The van der Waals surface area contributed by atoms with Crippen LogP contribution in [0.25, 0.3) is 0 Å². The van der Waals surface area contributed by atoms with E-state index in [1.54, 1.807) is 0 Å². The minimum absolute atomic E-state index is 0.0521. The summed E-state index contributed by atoms with van der Waals surface area (Å²) in [6.45, 7) is 8.76. The molecular formula is C25H37N3O3. The molecule has 1 unspecified atom stereocenters. The van der Waals surface area contributed by atoms with E-state index < -0.39 is 6.04 Å². The smallest absolute Gasteiger partial charge is 0.254 e. The summed E-state index contributed by atoms with van der Waals surface area (Å²) in [6.07, 6.45) is 5.10. The van der Waals surface area contributed by atoms with Crippen molar-refractivity contribution in [3.05, 3.63) is 35.4 Å². The van der Waals surface area contributed by atoms with Gasteiger partial charge in [0.1, 0.15) is 6.04 Å². The molecule has 170 valence electrons. The summed E-state index contributed by atoms with van der Waals surface area (Å²) in [6, 6.07) is 7.18. The van der Waals surface area contributed by atoms with Gasteiger partial charge in [-0.25, -0.2) is 0 Å². The minimum atomic E-state index is -0.486. The van der Waals surface area contributed by atoms with Crippen molar-refractivity contribution in [1.29, 1.82) is 0 Å². The fourth-order valence-corrected chi connectivity index (χ4v) is 4.71. The van der Waals surface area contributed by atoms with Gasteiger partial charge in [0.25, 0.3) is 5.91 Å². The van der Waals surface area contributed by atoms with Crippen LogP contribution < -0.4 is 5.32 Å². The molecule has 2 heterocycles. The van der Waals surface area contributed by atoms with Crippen molar-refractivity contribution < 1.29 is 14.4 Å². The number of likely N-dealkylation sites (tertiary alicyclic amines) is 2. The molecule has 0 bridgehead atoms. The zero-order valence-corrected chi connectivity index (χ0v) is 19.2. The average molecular weight is 428 g/mol. The lowest BCUT2D eigenvalue weighted by Crippen LogP contribution is -2.55. The van der Waals surface area contributed by atoms with E-state index >= 15 is 0 Å². The highest BCUT2D eigenvalue weighted by Gasteiger charge is 2.36. The Bertz CT molecular complexity index is 778. The van der Waals surface area contributed by atoms with E-state index in [0.717, 1.165) is 56.3 Å². The Morgan fingerprint density at radius 3 is 2.23 bits per heavy atom. The second-order valence-corrected chi connectivity index (χ2v) is 9.47. The van der Waals surface area contributed by atoms with E-state index in [-0.39, 0.29) is 29.6 Å². The van der Waals surface area contributed by atoms with Gasteiger partial charge in [0, 0.05) is 38.2 Å². The third-order valence-corrected chi connectivity index (χ3v) is 6.52. The fraction of sp³-hybridized carbons (Fsp3) is 0.640. The molecule has 3 amide bonds.